The molecule has 0 spiro atoms. The number of fused-ring (bicyclic) bond motifs is 1. The van der Waals surface area contributed by atoms with E-state index in [-0.39, 0.29) is 17.9 Å². The second-order valence-electron chi connectivity index (χ2n) is 3.69. The molecule has 0 saturated carbocycles. The predicted octanol–water partition coefficient (Wildman–Crippen LogP) is 2.27. The van der Waals surface area contributed by atoms with Crippen molar-refractivity contribution in [3.8, 4) is 5.75 Å². The molecule has 0 saturated heterocycles. The first kappa shape index (κ1) is 12.2. The van der Waals surface area contributed by atoms with Crippen LogP contribution in [-0.2, 0) is 9.53 Å². The van der Waals surface area contributed by atoms with Crippen molar-refractivity contribution < 1.29 is 19.1 Å². The van der Waals surface area contributed by atoms with E-state index in [1.54, 1.807) is 25.1 Å². The highest BCUT2D eigenvalue weighted by atomic mass is 16.5. The number of esters is 2. The lowest BCUT2D eigenvalue weighted by Gasteiger charge is -2.03. The van der Waals surface area contributed by atoms with Crippen LogP contribution < -0.4 is 4.74 Å². The number of H-pyrrole nitrogens is 1. The Morgan fingerprint density at radius 3 is 2.67 bits per heavy atom. The second-order valence-corrected chi connectivity index (χ2v) is 3.69. The molecule has 1 heterocycles. The summed E-state index contributed by atoms with van der Waals surface area (Å²) in [4.78, 5) is 25.9. The number of benzene rings is 1. The Bertz CT molecular complexity index is 600. The molecule has 1 N–H and O–H groups in total. The molecular formula is C13H13NO4. The van der Waals surface area contributed by atoms with E-state index in [9.17, 15) is 9.59 Å². The molecule has 2 rings (SSSR count). The van der Waals surface area contributed by atoms with Crippen LogP contribution in [-0.4, -0.2) is 24.0 Å². The van der Waals surface area contributed by atoms with Gasteiger partial charge in [0.25, 0.3) is 0 Å². The molecule has 0 aliphatic carbocycles. The Kier molecular flexibility index (Phi) is 3.32. The second kappa shape index (κ2) is 4.91. The van der Waals surface area contributed by atoms with Gasteiger partial charge in [-0.15, -0.1) is 0 Å². The van der Waals surface area contributed by atoms with E-state index in [0.29, 0.717) is 5.39 Å². The van der Waals surface area contributed by atoms with Crippen LogP contribution in [0.2, 0.25) is 0 Å². The topological polar surface area (TPSA) is 68.4 Å². The van der Waals surface area contributed by atoms with Gasteiger partial charge in [-0.2, -0.15) is 0 Å². The molecule has 0 radical (unpaired) electrons. The normalized spacial score (nSPS) is 10.3. The fourth-order valence-electron chi connectivity index (χ4n) is 1.65. The minimum Gasteiger partial charge on any atom is -0.464 e. The molecule has 2 aromatic rings. The summed E-state index contributed by atoms with van der Waals surface area (Å²) >= 11 is 0. The SMILES string of the molecule is CCC(=O)Oc1c(C(=O)OC)[nH]c2ccccc12. The van der Waals surface area contributed by atoms with Crippen molar-refractivity contribution in [3.63, 3.8) is 0 Å². The number of para-hydroxylation sites is 1. The highest BCUT2D eigenvalue weighted by molar-refractivity contribution is 6.02. The Balaban J connectivity index is 2.57. The average molecular weight is 247 g/mol. The van der Waals surface area contributed by atoms with E-state index in [4.69, 9.17) is 4.74 Å². The number of methoxy groups -OCH3 is 1. The molecule has 0 amide bonds. The monoisotopic (exact) mass is 247 g/mol. The lowest BCUT2D eigenvalue weighted by Crippen LogP contribution is -2.10. The molecule has 0 aliphatic heterocycles. The minimum absolute atomic E-state index is 0.153. The molecule has 0 aliphatic rings. The first-order valence-electron chi connectivity index (χ1n) is 5.57. The van der Waals surface area contributed by atoms with Gasteiger partial charge in [-0.1, -0.05) is 19.1 Å². The largest absolute Gasteiger partial charge is 0.464 e. The molecule has 94 valence electrons. The number of carbonyl (C=O) groups excluding carboxylic acids is 2. The molecule has 0 fully saturated rings. The summed E-state index contributed by atoms with van der Waals surface area (Å²) in [6.07, 6.45) is 0.236. The van der Waals surface area contributed by atoms with Gasteiger partial charge in [0.2, 0.25) is 0 Å². The van der Waals surface area contributed by atoms with Crippen molar-refractivity contribution in [1.82, 2.24) is 4.98 Å². The zero-order chi connectivity index (χ0) is 13.1. The fraction of sp³-hybridized carbons (Fsp3) is 0.231. The van der Waals surface area contributed by atoms with Gasteiger partial charge in [-0.05, 0) is 12.1 Å². The Hall–Kier alpha value is -2.30. The lowest BCUT2D eigenvalue weighted by atomic mass is 10.2. The smallest absolute Gasteiger partial charge is 0.358 e. The maximum Gasteiger partial charge on any atom is 0.358 e. The third-order valence-corrected chi connectivity index (χ3v) is 2.55. The van der Waals surface area contributed by atoms with E-state index in [2.05, 4.69) is 9.72 Å². The summed E-state index contributed by atoms with van der Waals surface area (Å²) in [5.74, 6) is -0.737. The maximum absolute atomic E-state index is 11.6. The molecule has 0 unspecified atom stereocenters. The number of carbonyl (C=O) groups is 2. The predicted molar refractivity (Wildman–Crippen MR) is 65.6 cm³/mol. The van der Waals surface area contributed by atoms with Crippen LogP contribution in [0.4, 0.5) is 0 Å². The van der Waals surface area contributed by atoms with Crippen molar-refractivity contribution in [2.45, 2.75) is 13.3 Å². The summed E-state index contributed by atoms with van der Waals surface area (Å²) in [6, 6.07) is 7.20. The van der Waals surface area contributed by atoms with Crippen LogP contribution in [0, 0.1) is 0 Å². The summed E-state index contributed by atoms with van der Waals surface area (Å²) in [7, 11) is 1.28. The number of aromatic amines is 1. The number of nitrogens with one attached hydrogen (secondary N) is 1. The third kappa shape index (κ3) is 2.07. The van der Waals surface area contributed by atoms with Gasteiger partial charge in [-0.3, -0.25) is 4.79 Å². The van der Waals surface area contributed by atoms with Crippen molar-refractivity contribution in [2.24, 2.45) is 0 Å². The zero-order valence-corrected chi connectivity index (χ0v) is 10.1. The van der Waals surface area contributed by atoms with Crippen molar-refractivity contribution in [2.75, 3.05) is 7.11 Å². The third-order valence-electron chi connectivity index (χ3n) is 2.55. The van der Waals surface area contributed by atoms with Crippen LogP contribution >= 0.6 is 0 Å². The zero-order valence-electron chi connectivity index (χ0n) is 10.1. The fourth-order valence-corrected chi connectivity index (χ4v) is 1.65. The molecule has 5 nitrogen and oxygen atoms in total. The molecular weight excluding hydrogens is 234 g/mol. The first-order valence-corrected chi connectivity index (χ1v) is 5.57. The van der Waals surface area contributed by atoms with E-state index in [1.165, 1.54) is 7.11 Å². The van der Waals surface area contributed by atoms with Crippen LogP contribution in [0.15, 0.2) is 24.3 Å². The number of ether oxygens (including phenoxy) is 2. The number of hydrogen-bond acceptors (Lipinski definition) is 4. The molecule has 18 heavy (non-hydrogen) atoms. The molecule has 1 aromatic heterocycles. The number of hydrogen-bond donors (Lipinski definition) is 1. The highest BCUT2D eigenvalue weighted by Gasteiger charge is 2.21. The van der Waals surface area contributed by atoms with Gasteiger partial charge in [0.1, 0.15) is 0 Å². The van der Waals surface area contributed by atoms with E-state index < -0.39 is 11.9 Å². The quantitative estimate of drug-likeness (QED) is 0.845. The van der Waals surface area contributed by atoms with Crippen LogP contribution in [0.25, 0.3) is 10.9 Å². The van der Waals surface area contributed by atoms with Crippen molar-refractivity contribution >= 4 is 22.8 Å². The van der Waals surface area contributed by atoms with Gasteiger partial charge in [-0.25, -0.2) is 4.79 Å². The van der Waals surface area contributed by atoms with E-state index in [1.807, 2.05) is 6.07 Å². The van der Waals surface area contributed by atoms with Gasteiger partial charge >= 0.3 is 11.9 Å². The van der Waals surface area contributed by atoms with Crippen molar-refractivity contribution in [1.29, 1.82) is 0 Å². The van der Waals surface area contributed by atoms with Gasteiger partial charge in [0, 0.05) is 17.3 Å². The summed E-state index contributed by atoms with van der Waals surface area (Å²) in [5, 5.41) is 0.680. The van der Waals surface area contributed by atoms with Gasteiger partial charge < -0.3 is 14.5 Å². The number of rotatable bonds is 3. The Morgan fingerprint density at radius 2 is 2.00 bits per heavy atom. The van der Waals surface area contributed by atoms with Crippen LogP contribution in [0.1, 0.15) is 23.8 Å². The standard InChI is InChI=1S/C13H13NO4/c1-3-10(15)18-12-8-6-4-5-7-9(8)14-11(12)13(16)17-2/h4-7,14H,3H2,1-2H3. The van der Waals surface area contributed by atoms with Crippen LogP contribution in [0.3, 0.4) is 0 Å². The molecule has 0 atom stereocenters. The Labute approximate surface area is 104 Å². The summed E-state index contributed by atoms with van der Waals surface area (Å²) in [6.45, 7) is 1.69. The van der Waals surface area contributed by atoms with Gasteiger partial charge in [0.05, 0.1) is 7.11 Å². The van der Waals surface area contributed by atoms with Gasteiger partial charge in [0.15, 0.2) is 11.4 Å². The molecule has 5 heteroatoms. The van der Waals surface area contributed by atoms with Crippen molar-refractivity contribution in [3.05, 3.63) is 30.0 Å². The Morgan fingerprint density at radius 1 is 1.28 bits per heavy atom. The summed E-state index contributed by atoms with van der Waals surface area (Å²) in [5.41, 5.74) is 0.873. The molecule has 0 bridgehead atoms. The first-order chi connectivity index (χ1) is 8.67. The average Bonchev–Trinajstić information content (AvgIpc) is 2.77. The highest BCUT2D eigenvalue weighted by Crippen LogP contribution is 2.30. The lowest BCUT2D eigenvalue weighted by molar-refractivity contribution is -0.133. The van der Waals surface area contributed by atoms with E-state index in [0.717, 1.165) is 5.52 Å². The molecule has 1 aromatic carbocycles. The van der Waals surface area contributed by atoms with E-state index >= 15 is 0 Å². The maximum atomic E-state index is 11.6. The minimum atomic E-state index is -0.565. The number of aromatic nitrogens is 1. The van der Waals surface area contributed by atoms with Crippen LogP contribution in [0.5, 0.6) is 5.75 Å². The summed E-state index contributed by atoms with van der Waals surface area (Å²) < 4.78 is 9.86.